The zero-order valence-corrected chi connectivity index (χ0v) is 12.3. The van der Waals surface area contributed by atoms with Crippen LogP contribution in [0.1, 0.15) is 59.3 Å². The summed E-state index contributed by atoms with van der Waals surface area (Å²) in [4.78, 5) is 0. The van der Waals surface area contributed by atoms with Crippen LogP contribution in [0.4, 0.5) is 0 Å². The van der Waals surface area contributed by atoms with Crippen LogP contribution in [0.3, 0.4) is 0 Å². The van der Waals surface area contributed by atoms with E-state index in [2.05, 4.69) is 44.9 Å². The summed E-state index contributed by atoms with van der Waals surface area (Å²) in [7, 11) is 2.14. The summed E-state index contributed by atoms with van der Waals surface area (Å²) in [5.41, 5.74) is 0. The van der Waals surface area contributed by atoms with E-state index in [0.717, 1.165) is 12.0 Å². The molecule has 1 aliphatic rings. The Morgan fingerprint density at radius 1 is 1.12 bits per heavy atom. The largest absolute Gasteiger partial charge is 0.316 e. The monoisotopic (exact) mass is 243 g/mol. The lowest BCUT2D eigenvalue weighted by molar-refractivity contribution is 0.358. The first-order valence-electron chi connectivity index (χ1n) is 6.84. The van der Waals surface area contributed by atoms with Crippen molar-refractivity contribution in [3.05, 3.63) is 0 Å². The second kappa shape index (κ2) is 6.90. The van der Waals surface area contributed by atoms with Gasteiger partial charge in [0.25, 0.3) is 0 Å². The second-order valence-electron chi connectivity index (χ2n) is 6.07. The Labute approximate surface area is 106 Å². The van der Waals surface area contributed by atoms with E-state index in [1.54, 1.807) is 0 Å². The molecule has 0 heterocycles. The van der Waals surface area contributed by atoms with Crippen LogP contribution in [-0.2, 0) is 0 Å². The quantitative estimate of drug-likeness (QED) is 0.747. The van der Waals surface area contributed by atoms with Gasteiger partial charge in [0.15, 0.2) is 0 Å². The van der Waals surface area contributed by atoms with Crippen LogP contribution in [0.25, 0.3) is 0 Å². The van der Waals surface area contributed by atoms with Crippen LogP contribution in [0, 0.1) is 5.92 Å². The molecule has 0 saturated heterocycles. The van der Waals surface area contributed by atoms with Crippen LogP contribution >= 0.6 is 11.8 Å². The van der Waals surface area contributed by atoms with Crippen LogP contribution in [0.15, 0.2) is 0 Å². The van der Waals surface area contributed by atoms with Gasteiger partial charge in [-0.2, -0.15) is 11.8 Å². The first-order chi connectivity index (χ1) is 7.53. The van der Waals surface area contributed by atoms with E-state index in [1.165, 1.54) is 44.3 Å². The third-order valence-electron chi connectivity index (χ3n) is 3.54. The van der Waals surface area contributed by atoms with Gasteiger partial charge in [0.05, 0.1) is 0 Å². The highest BCUT2D eigenvalue weighted by Crippen LogP contribution is 2.30. The van der Waals surface area contributed by atoms with Crippen molar-refractivity contribution in [1.82, 2.24) is 5.32 Å². The van der Waals surface area contributed by atoms with Gasteiger partial charge in [-0.05, 0) is 25.8 Å². The first-order valence-corrected chi connectivity index (χ1v) is 7.83. The van der Waals surface area contributed by atoms with Crippen molar-refractivity contribution in [2.75, 3.05) is 12.8 Å². The average Bonchev–Trinajstić information content (AvgIpc) is 2.46. The summed E-state index contributed by atoms with van der Waals surface area (Å²) in [6, 6.07) is 0.724. The molecule has 1 rings (SSSR count). The van der Waals surface area contributed by atoms with E-state index < -0.39 is 0 Å². The molecule has 0 amide bonds. The van der Waals surface area contributed by atoms with Gasteiger partial charge >= 0.3 is 0 Å². The summed E-state index contributed by atoms with van der Waals surface area (Å²) < 4.78 is 0.403. The van der Waals surface area contributed by atoms with E-state index >= 15 is 0 Å². The minimum absolute atomic E-state index is 0.403. The fraction of sp³-hybridized carbons (Fsp3) is 1.00. The summed E-state index contributed by atoms with van der Waals surface area (Å²) in [5.74, 6) is 2.19. The molecule has 1 unspecified atom stereocenters. The molecule has 1 atom stereocenters. The molecule has 1 aliphatic carbocycles. The molecular weight excluding hydrogens is 214 g/mol. The number of nitrogens with one attached hydrogen (secondary N) is 1. The molecule has 1 fully saturated rings. The summed E-state index contributed by atoms with van der Waals surface area (Å²) in [6.45, 7) is 6.95. The molecule has 0 aromatic rings. The fourth-order valence-corrected chi connectivity index (χ4v) is 3.63. The van der Waals surface area contributed by atoms with E-state index in [4.69, 9.17) is 0 Å². The maximum absolute atomic E-state index is 3.55. The topological polar surface area (TPSA) is 12.0 Å². The van der Waals surface area contributed by atoms with E-state index in [9.17, 15) is 0 Å². The summed E-state index contributed by atoms with van der Waals surface area (Å²) in [5, 5.41) is 3.55. The van der Waals surface area contributed by atoms with Crippen LogP contribution in [-0.4, -0.2) is 23.6 Å². The van der Waals surface area contributed by atoms with Crippen molar-refractivity contribution in [2.24, 2.45) is 5.92 Å². The lowest BCUT2D eigenvalue weighted by Crippen LogP contribution is -2.36. The van der Waals surface area contributed by atoms with Crippen molar-refractivity contribution < 1.29 is 0 Å². The van der Waals surface area contributed by atoms with Gasteiger partial charge in [0.1, 0.15) is 0 Å². The number of hydrogen-bond acceptors (Lipinski definition) is 2. The second-order valence-corrected chi connectivity index (χ2v) is 7.92. The Morgan fingerprint density at radius 3 is 2.12 bits per heavy atom. The molecule has 1 saturated carbocycles. The number of rotatable bonds is 4. The third kappa shape index (κ3) is 5.58. The van der Waals surface area contributed by atoms with Gasteiger partial charge < -0.3 is 5.32 Å². The van der Waals surface area contributed by atoms with Gasteiger partial charge in [-0.1, -0.05) is 46.5 Å². The van der Waals surface area contributed by atoms with Crippen molar-refractivity contribution in [2.45, 2.75) is 70.1 Å². The molecule has 1 nitrogen and oxygen atoms in total. The molecule has 0 spiro atoms. The van der Waals surface area contributed by atoms with Crippen molar-refractivity contribution in [3.63, 3.8) is 0 Å². The van der Waals surface area contributed by atoms with E-state index in [1.807, 2.05) is 0 Å². The SMILES string of the molecule is CNC(CSC(C)(C)C)C1CCCCCC1. The lowest BCUT2D eigenvalue weighted by atomic mass is 9.93. The Kier molecular flexibility index (Phi) is 6.20. The molecule has 0 bridgehead atoms. The number of hydrogen-bond donors (Lipinski definition) is 1. The maximum Gasteiger partial charge on any atom is 0.0183 e. The highest BCUT2D eigenvalue weighted by atomic mass is 32.2. The Bertz CT molecular complexity index is 178. The number of thioether (sulfide) groups is 1. The van der Waals surface area contributed by atoms with Crippen LogP contribution in [0.5, 0.6) is 0 Å². The predicted molar refractivity (Wildman–Crippen MR) is 76.3 cm³/mol. The van der Waals surface area contributed by atoms with Gasteiger partial charge in [-0.3, -0.25) is 0 Å². The van der Waals surface area contributed by atoms with E-state index in [-0.39, 0.29) is 0 Å². The van der Waals surface area contributed by atoms with Crippen molar-refractivity contribution in [3.8, 4) is 0 Å². The minimum atomic E-state index is 0.403. The highest BCUT2D eigenvalue weighted by molar-refractivity contribution is 8.00. The van der Waals surface area contributed by atoms with Gasteiger partial charge in [0, 0.05) is 16.5 Å². The zero-order valence-electron chi connectivity index (χ0n) is 11.5. The molecule has 0 aromatic carbocycles. The van der Waals surface area contributed by atoms with E-state index in [0.29, 0.717) is 4.75 Å². The molecule has 2 heteroatoms. The predicted octanol–water partition coefficient (Wildman–Crippen LogP) is 4.08. The van der Waals surface area contributed by atoms with Crippen molar-refractivity contribution in [1.29, 1.82) is 0 Å². The smallest absolute Gasteiger partial charge is 0.0183 e. The standard InChI is InChI=1S/C14H29NS/c1-14(2,3)16-11-13(15-4)12-9-7-5-6-8-10-12/h12-13,15H,5-11H2,1-4H3. The first kappa shape index (κ1) is 14.4. The summed E-state index contributed by atoms with van der Waals surface area (Å²) >= 11 is 2.10. The maximum atomic E-state index is 3.55. The third-order valence-corrected chi connectivity index (χ3v) is 4.93. The Morgan fingerprint density at radius 2 is 1.69 bits per heavy atom. The Balaban J connectivity index is 2.39. The molecular formula is C14H29NS. The molecule has 1 N–H and O–H groups in total. The highest BCUT2D eigenvalue weighted by Gasteiger charge is 2.23. The van der Waals surface area contributed by atoms with Gasteiger partial charge in [-0.15, -0.1) is 0 Å². The zero-order chi connectivity index (χ0) is 12.0. The van der Waals surface area contributed by atoms with Gasteiger partial charge in [-0.25, -0.2) is 0 Å². The molecule has 96 valence electrons. The molecule has 16 heavy (non-hydrogen) atoms. The average molecular weight is 243 g/mol. The fourth-order valence-electron chi connectivity index (χ4n) is 2.51. The molecule has 0 aliphatic heterocycles. The molecule has 0 aromatic heterocycles. The summed E-state index contributed by atoms with van der Waals surface area (Å²) in [6.07, 6.45) is 8.69. The minimum Gasteiger partial charge on any atom is -0.316 e. The van der Waals surface area contributed by atoms with Gasteiger partial charge in [0.2, 0.25) is 0 Å². The molecule has 0 radical (unpaired) electrons. The van der Waals surface area contributed by atoms with Crippen LogP contribution < -0.4 is 5.32 Å². The lowest BCUT2D eigenvalue weighted by Gasteiger charge is -2.28. The van der Waals surface area contributed by atoms with Crippen molar-refractivity contribution >= 4 is 11.8 Å². The Hall–Kier alpha value is 0.310. The van der Waals surface area contributed by atoms with Crippen LogP contribution in [0.2, 0.25) is 0 Å². The normalized spacial score (nSPS) is 21.8.